The van der Waals surface area contributed by atoms with Gasteiger partial charge in [-0.1, -0.05) is 39.5 Å². The highest BCUT2D eigenvalue weighted by Gasteiger charge is 2.02. The Morgan fingerprint density at radius 2 is 1.56 bits per heavy atom. The highest BCUT2D eigenvalue weighted by molar-refractivity contribution is 4.66. The molecule has 1 aromatic rings. The van der Waals surface area contributed by atoms with Gasteiger partial charge in [0.2, 0.25) is 6.33 Å². The summed E-state index contributed by atoms with van der Waals surface area (Å²) < 4.78 is 4.66. The Balaban J connectivity index is 0.00000289. The summed E-state index contributed by atoms with van der Waals surface area (Å²) in [7, 11) is 0. The minimum atomic E-state index is 0. The summed E-state index contributed by atoms with van der Waals surface area (Å²) >= 11 is 0. The second-order valence-corrected chi connectivity index (χ2v) is 5.01. The third kappa shape index (κ3) is 8.11. The van der Waals surface area contributed by atoms with Gasteiger partial charge in [-0.25, -0.2) is 9.13 Å². The molecule has 0 radical (unpaired) electrons. The maximum absolute atomic E-state index is 2.33. The SMILES string of the molecule is CCCCCCn1cc[n+](CCCCCC)c1.[I-]. The molecule has 1 rings (SSSR count). The van der Waals surface area contributed by atoms with Crippen LogP contribution in [0.5, 0.6) is 0 Å². The van der Waals surface area contributed by atoms with Gasteiger partial charge in [0.05, 0.1) is 13.1 Å². The van der Waals surface area contributed by atoms with Crippen LogP contribution in [-0.4, -0.2) is 4.57 Å². The summed E-state index contributed by atoms with van der Waals surface area (Å²) in [5.74, 6) is 0. The van der Waals surface area contributed by atoms with E-state index < -0.39 is 0 Å². The maximum atomic E-state index is 2.33. The molecule has 0 aliphatic heterocycles. The van der Waals surface area contributed by atoms with Crippen molar-refractivity contribution in [3.8, 4) is 0 Å². The standard InChI is InChI=1S/C15H29N2.HI/c1-3-5-7-9-11-16-13-14-17(15-16)12-10-8-6-4-2;/h13-15H,3-12H2,1-2H3;1H/q+1;/p-1. The van der Waals surface area contributed by atoms with E-state index in [4.69, 9.17) is 0 Å². The first-order valence-electron chi connectivity index (χ1n) is 7.41. The predicted molar refractivity (Wildman–Crippen MR) is 72.9 cm³/mol. The van der Waals surface area contributed by atoms with Gasteiger partial charge in [0, 0.05) is 0 Å². The number of hydrogen-bond acceptors (Lipinski definition) is 0. The highest BCUT2D eigenvalue weighted by Crippen LogP contribution is 2.01. The zero-order chi connectivity index (χ0) is 12.3. The van der Waals surface area contributed by atoms with Gasteiger partial charge in [0.25, 0.3) is 0 Å². The van der Waals surface area contributed by atoms with Crippen molar-refractivity contribution >= 4 is 0 Å². The summed E-state index contributed by atoms with van der Waals surface area (Å²) in [6, 6.07) is 0. The molecule has 0 bridgehead atoms. The minimum absolute atomic E-state index is 0. The van der Waals surface area contributed by atoms with Gasteiger partial charge < -0.3 is 24.0 Å². The lowest BCUT2D eigenvalue weighted by Crippen LogP contribution is -3.00. The number of aromatic nitrogens is 2. The molecule has 0 N–H and O–H groups in total. The number of aryl methyl sites for hydroxylation is 2. The monoisotopic (exact) mass is 364 g/mol. The topological polar surface area (TPSA) is 8.81 Å². The molecular formula is C15H29IN2. The van der Waals surface area contributed by atoms with Gasteiger partial charge in [0.1, 0.15) is 12.4 Å². The summed E-state index contributed by atoms with van der Waals surface area (Å²) in [6.45, 7) is 6.89. The molecule has 1 heterocycles. The smallest absolute Gasteiger partial charge is 0.243 e. The molecule has 0 aliphatic rings. The van der Waals surface area contributed by atoms with Crippen molar-refractivity contribution < 1.29 is 28.5 Å². The van der Waals surface area contributed by atoms with Crippen LogP contribution in [0.15, 0.2) is 18.7 Å². The quantitative estimate of drug-likeness (QED) is 0.332. The van der Waals surface area contributed by atoms with Crippen molar-refractivity contribution in [2.24, 2.45) is 0 Å². The van der Waals surface area contributed by atoms with E-state index in [1.807, 2.05) is 0 Å². The average Bonchev–Trinajstić information content (AvgIpc) is 2.78. The van der Waals surface area contributed by atoms with E-state index >= 15 is 0 Å². The predicted octanol–water partition coefficient (Wildman–Crippen LogP) is 0.940. The van der Waals surface area contributed by atoms with Crippen molar-refractivity contribution in [1.29, 1.82) is 0 Å². The lowest BCUT2D eigenvalue weighted by atomic mass is 10.2. The number of hydrogen-bond donors (Lipinski definition) is 0. The Labute approximate surface area is 130 Å². The Morgan fingerprint density at radius 3 is 2.22 bits per heavy atom. The van der Waals surface area contributed by atoms with Crippen LogP contribution in [0, 0.1) is 0 Å². The summed E-state index contributed by atoms with van der Waals surface area (Å²) in [5, 5.41) is 0. The third-order valence-electron chi connectivity index (χ3n) is 3.29. The Hall–Kier alpha value is -0.0600. The first-order chi connectivity index (χ1) is 8.36. The first-order valence-corrected chi connectivity index (χ1v) is 7.41. The van der Waals surface area contributed by atoms with Crippen LogP contribution >= 0.6 is 0 Å². The van der Waals surface area contributed by atoms with E-state index in [-0.39, 0.29) is 24.0 Å². The largest absolute Gasteiger partial charge is 1.00 e. The molecule has 0 saturated heterocycles. The molecule has 0 unspecified atom stereocenters. The van der Waals surface area contributed by atoms with Gasteiger partial charge >= 0.3 is 0 Å². The van der Waals surface area contributed by atoms with Gasteiger partial charge in [-0.15, -0.1) is 0 Å². The third-order valence-corrected chi connectivity index (χ3v) is 3.29. The van der Waals surface area contributed by atoms with E-state index in [2.05, 4.69) is 41.7 Å². The van der Waals surface area contributed by atoms with Crippen LogP contribution in [-0.2, 0) is 13.1 Å². The fourth-order valence-corrected chi connectivity index (χ4v) is 2.15. The highest BCUT2D eigenvalue weighted by atomic mass is 127. The van der Waals surface area contributed by atoms with Gasteiger partial charge in [-0.05, 0) is 25.7 Å². The average molecular weight is 364 g/mol. The van der Waals surface area contributed by atoms with Crippen LogP contribution in [0.1, 0.15) is 65.2 Å². The molecule has 2 nitrogen and oxygen atoms in total. The maximum Gasteiger partial charge on any atom is 0.243 e. The summed E-state index contributed by atoms with van der Waals surface area (Å²) in [5.41, 5.74) is 0. The zero-order valence-corrected chi connectivity index (χ0v) is 14.2. The second-order valence-electron chi connectivity index (χ2n) is 5.01. The Kier molecular flexibility index (Phi) is 12.0. The van der Waals surface area contributed by atoms with Crippen LogP contribution in [0.25, 0.3) is 0 Å². The molecule has 1 aromatic heterocycles. The van der Waals surface area contributed by atoms with Crippen molar-refractivity contribution in [3.05, 3.63) is 18.7 Å². The molecule has 0 aromatic carbocycles. The number of nitrogens with zero attached hydrogens (tertiary/aromatic N) is 2. The Morgan fingerprint density at radius 1 is 0.889 bits per heavy atom. The lowest BCUT2D eigenvalue weighted by molar-refractivity contribution is -0.696. The van der Waals surface area contributed by atoms with Crippen LogP contribution < -0.4 is 28.5 Å². The minimum Gasteiger partial charge on any atom is -1.00 e. The van der Waals surface area contributed by atoms with Crippen LogP contribution in [0.2, 0.25) is 0 Å². The second kappa shape index (κ2) is 12.0. The van der Waals surface area contributed by atoms with Crippen molar-refractivity contribution in [2.45, 2.75) is 78.3 Å². The van der Waals surface area contributed by atoms with Gasteiger partial charge in [-0.3, -0.25) is 0 Å². The van der Waals surface area contributed by atoms with Crippen molar-refractivity contribution in [3.63, 3.8) is 0 Å². The van der Waals surface area contributed by atoms with Gasteiger partial charge in [-0.2, -0.15) is 0 Å². The molecule has 18 heavy (non-hydrogen) atoms. The molecule has 0 spiro atoms. The zero-order valence-electron chi connectivity index (χ0n) is 12.1. The number of imidazole rings is 1. The fourth-order valence-electron chi connectivity index (χ4n) is 2.15. The van der Waals surface area contributed by atoms with E-state index in [0.29, 0.717) is 0 Å². The molecule has 0 fully saturated rings. The fraction of sp³-hybridized carbons (Fsp3) is 0.800. The lowest BCUT2D eigenvalue weighted by Gasteiger charge is -1.97. The number of unbranched alkanes of at least 4 members (excludes halogenated alkanes) is 6. The molecule has 0 atom stereocenters. The van der Waals surface area contributed by atoms with E-state index in [1.54, 1.807) is 0 Å². The number of rotatable bonds is 10. The van der Waals surface area contributed by atoms with E-state index in [0.717, 1.165) is 0 Å². The van der Waals surface area contributed by atoms with E-state index in [1.165, 1.54) is 64.5 Å². The first kappa shape index (κ1) is 17.9. The molecular weight excluding hydrogens is 335 g/mol. The number of halogens is 1. The molecule has 0 aliphatic carbocycles. The molecule has 0 saturated carbocycles. The van der Waals surface area contributed by atoms with Gasteiger partial charge in [0.15, 0.2) is 0 Å². The van der Waals surface area contributed by atoms with Crippen molar-refractivity contribution in [2.75, 3.05) is 0 Å². The van der Waals surface area contributed by atoms with E-state index in [9.17, 15) is 0 Å². The molecule has 3 heteroatoms. The molecule has 0 amide bonds. The van der Waals surface area contributed by atoms with Crippen molar-refractivity contribution in [1.82, 2.24) is 4.57 Å². The van der Waals surface area contributed by atoms with Crippen LogP contribution in [0.4, 0.5) is 0 Å². The normalized spacial score (nSPS) is 10.3. The Bertz CT molecular complexity index is 257. The summed E-state index contributed by atoms with van der Waals surface area (Å²) in [6.07, 6.45) is 17.4. The van der Waals surface area contributed by atoms with Crippen LogP contribution in [0.3, 0.4) is 0 Å². The molecule has 106 valence electrons. The summed E-state index contributed by atoms with van der Waals surface area (Å²) in [4.78, 5) is 0.